The second kappa shape index (κ2) is 6.31. The predicted molar refractivity (Wildman–Crippen MR) is 101 cm³/mol. The fraction of sp³-hybridized carbons (Fsp3) is 0.0769. The van der Waals surface area contributed by atoms with Crippen molar-refractivity contribution in [1.82, 2.24) is 9.97 Å². The van der Waals surface area contributed by atoms with E-state index in [1.807, 2.05) is 11.4 Å². The molecule has 0 unspecified atom stereocenters. The molecule has 3 rings (SSSR count). The van der Waals surface area contributed by atoms with Crippen molar-refractivity contribution in [3.63, 3.8) is 0 Å². The van der Waals surface area contributed by atoms with Crippen molar-refractivity contribution >= 4 is 86.5 Å². The number of anilines is 3. The van der Waals surface area contributed by atoms with Crippen LogP contribution in [0.3, 0.4) is 0 Å². The van der Waals surface area contributed by atoms with E-state index < -0.39 is 0 Å². The molecular weight excluding hydrogens is 500 g/mol. The molecule has 2 heterocycles. The Morgan fingerprint density at radius 1 is 1.18 bits per heavy atom. The summed E-state index contributed by atoms with van der Waals surface area (Å²) >= 11 is 12.1. The second-order valence-corrected chi connectivity index (χ2v) is 7.54. The molecule has 3 N–H and O–H groups in total. The first-order valence-electron chi connectivity index (χ1n) is 5.99. The van der Waals surface area contributed by atoms with Gasteiger partial charge in [-0.25, -0.2) is 9.97 Å². The summed E-state index contributed by atoms with van der Waals surface area (Å²) in [6.45, 7) is 0. The Bertz CT molecular complexity index is 868. The number of methoxy groups -OCH3 is 1. The van der Waals surface area contributed by atoms with Gasteiger partial charge in [-0.05, 0) is 59.2 Å². The third kappa shape index (κ3) is 2.60. The van der Waals surface area contributed by atoms with E-state index in [4.69, 9.17) is 10.5 Å². The van der Waals surface area contributed by atoms with Crippen molar-refractivity contribution < 1.29 is 4.74 Å². The number of benzene rings is 1. The lowest BCUT2D eigenvalue weighted by Crippen LogP contribution is -2.02. The number of nitrogen functional groups attached to an aromatic ring is 1. The Hall–Kier alpha value is -0.900. The van der Waals surface area contributed by atoms with Crippen molar-refractivity contribution in [2.24, 2.45) is 0 Å². The van der Waals surface area contributed by atoms with Gasteiger partial charge in [0, 0.05) is 0 Å². The molecule has 0 fully saturated rings. The summed E-state index contributed by atoms with van der Waals surface area (Å²) in [5.74, 6) is 1.32. The van der Waals surface area contributed by atoms with Gasteiger partial charge in [-0.2, -0.15) is 0 Å². The van der Waals surface area contributed by atoms with Crippen molar-refractivity contribution in [2.45, 2.75) is 0 Å². The minimum Gasteiger partial charge on any atom is -0.494 e. The van der Waals surface area contributed by atoms with Gasteiger partial charge < -0.3 is 15.8 Å². The first-order chi connectivity index (χ1) is 10.5. The Balaban J connectivity index is 2.17. The first-order valence-corrected chi connectivity index (χ1v) is 9.25. The highest BCUT2D eigenvalue weighted by Gasteiger charge is 2.20. The molecule has 22 heavy (non-hydrogen) atoms. The number of hydrogen-bond donors (Lipinski definition) is 2. The molecule has 5 nitrogen and oxygen atoms in total. The van der Waals surface area contributed by atoms with Crippen LogP contribution in [-0.4, -0.2) is 17.1 Å². The van der Waals surface area contributed by atoms with Gasteiger partial charge in [0.15, 0.2) is 11.6 Å². The third-order valence-electron chi connectivity index (χ3n) is 3.00. The fourth-order valence-electron chi connectivity index (χ4n) is 1.94. The fourth-order valence-corrected chi connectivity index (χ4v) is 5.24. The molecule has 0 atom stereocenters. The zero-order chi connectivity index (χ0) is 15.9. The predicted octanol–water partition coefficient (Wildman–Crippen LogP) is 5.31. The van der Waals surface area contributed by atoms with Crippen LogP contribution in [0.15, 0.2) is 31.2 Å². The smallest absolute Gasteiger partial charge is 0.151 e. The summed E-state index contributed by atoms with van der Waals surface area (Å²) < 4.78 is 8.51. The lowest BCUT2D eigenvalue weighted by Gasteiger charge is -2.17. The standard InChI is InChI=1S/C13H9Br3N4OS/c1-21-11-7(15)9(17)6(14)10(8(11)16)20-13-12-5(2-3-22-12)18-4-19-13/h2-4H,17H2,1H3,(H,18,19,20). The lowest BCUT2D eigenvalue weighted by molar-refractivity contribution is 0.410. The highest BCUT2D eigenvalue weighted by atomic mass is 79.9. The van der Waals surface area contributed by atoms with Crippen LogP contribution in [-0.2, 0) is 0 Å². The topological polar surface area (TPSA) is 73.1 Å². The van der Waals surface area contributed by atoms with E-state index in [0.29, 0.717) is 21.7 Å². The maximum atomic E-state index is 6.11. The second-order valence-electron chi connectivity index (χ2n) is 4.25. The molecular formula is C13H9Br3N4OS. The molecule has 0 radical (unpaired) electrons. The van der Waals surface area contributed by atoms with Crippen LogP contribution in [0, 0.1) is 0 Å². The molecule has 9 heteroatoms. The van der Waals surface area contributed by atoms with Gasteiger partial charge in [0.2, 0.25) is 0 Å². The summed E-state index contributed by atoms with van der Waals surface area (Å²) in [5.41, 5.74) is 8.29. The van der Waals surface area contributed by atoms with E-state index >= 15 is 0 Å². The van der Waals surface area contributed by atoms with E-state index in [0.717, 1.165) is 24.8 Å². The molecule has 0 aliphatic heterocycles. The van der Waals surface area contributed by atoms with Crippen LogP contribution >= 0.6 is 59.1 Å². The van der Waals surface area contributed by atoms with Gasteiger partial charge in [0.05, 0.1) is 42.1 Å². The molecule has 0 aliphatic carbocycles. The molecule has 2 aromatic heterocycles. The molecule has 0 amide bonds. The number of aromatic nitrogens is 2. The molecule has 0 saturated heterocycles. The summed E-state index contributed by atoms with van der Waals surface area (Å²) in [4.78, 5) is 8.55. The average Bonchev–Trinajstić information content (AvgIpc) is 2.99. The van der Waals surface area contributed by atoms with E-state index in [9.17, 15) is 0 Å². The number of rotatable bonds is 3. The van der Waals surface area contributed by atoms with Gasteiger partial charge in [-0.1, -0.05) is 0 Å². The van der Waals surface area contributed by atoms with Gasteiger partial charge >= 0.3 is 0 Å². The normalized spacial score (nSPS) is 10.9. The van der Waals surface area contributed by atoms with Gasteiger partial charge in [-0.3, -0.25) is 0 Å². The minimum absolute atomic E-state index is 0.541. The largest absolute Gasteiger partial charge is 0.494 e. The zero-order valence-corrected chi connectivity index (χ0v) is 16.7. The lowest BCUT2D eigenvalue weighted by atomic mass is 10.2. The summed E-state index contributed by atoms with van der Waals surface area (Å²) in [5, 5.41) is 5.27. The Morgan fingerprint density at radius 2 is 1.95 bits per heavy atom. The molecule has 0 bridgehead atoms. The number of nitrogens with two attached hydrogens (primary N) is 1. The van der Waals surface area contributed by atoms with E-state index in [1.54, 1.807) is 18.4 Å². The maximum Gasteiger partial charge on any atom is 0.151 e. The SMILES string of the molecule is COc1c(Br)c(N)c(Br)c(Nc2ncnc3ccsc23)c1Br. The average molecular weight is 509 g/mol. The monoisotopic (exact) mass is 506 g/mol. The molecule has 114 valence electrons. The summed E-state index contributed by atoms with van der Waals surface area (Å²) in [6.07, 6.45) is 1.53. The quantitative estimate of drug-likeness (QED) is 0.469. The van der Waals surface area contributed by atoms with Crippen molar-refractivity contribution in [3.8, 4) is 5.75 Å². The van der Waals surface area contributed by atoms with Crippen molar-refractivity contribution in [1.29, 1.82) is 0 Å². The van der Waals surface area contributed by atoms with Crippen molar-refractivity contribution in [2.75, 3.05) is 18.2 Å². The van der Waals surface area contributed by atoms with Crippen LogP contribution in [0.4, 0.5) is 17.2 Å². The third-order valence-corrected chi connectivity index (χ3v) is 6.28. The zero-order valence-electron chi connectivity index (χ0n) is 11.2. The van der Waals surface area contributed by atoms with E-state index in [-0.39, 0.29) is 0 Å². The van der Waals surface area contributed by atoms with Gasteiger partial charge in [0.1, 0.15) is 6.33 Å². The van der Waals surface area contributed by atoms with Crippen LogP contribution in [0.25, 0.3) is 10.2 Å². The van der Waals surface area contributed by atoms with Gasteiger partial charge in [0.25, 0.3) is 0 Å². The molecule has 3 aromatic rings. The highest BCUT2D eigenvalue weighted by Crippen LogP contribution is 2.49. The van der Waals surface area contributed by atoms with Crippen LogP contribution in [0.1, 0.15) is 0 Å². The number of hydrogen-bond acceptors (Lipinski definition) is 6. The number of thiophene rings is 1. The maximum absolute atomic E-state index is 6.11. The number of fused-ring (bicyclic) bond motifs is 1. The molecule has 0 aliphatic rings. The van der Waals surface area contributed by atoms with Crippen molar-refractivity contribution in [3.05, 3.63) is 31.2 Å². The number of halogens is 3. The first kappa shape index (κ1) is 16.0. The Kier molecular flexibility index (Phi) is 4.58. The van der Waals surface area contributed by atoms with Gasteiger partial charge in [-0.15, -0.1) is 11.3 Å². The molecule has 1 aromatic carbocycles. The van der Waals surface area contributed by atoms with Crippen LogP contribution < -0.4 is 15.8 Å². The minimum atomic E-state index is 0.541. The van der Waals surface area contributed by atoms with E-state index in [2.05, 4.69) is 63.1 Å². The Labute approximate surface area is 155 Å². The van der Waals surface area contributed by atoms with Crippen LogP contribution in [0.5, 0.6) is 5.75 Å². The highest BCUT2D eigenvalue weighted by molar-refractivity contribution is 9.12. The van der Waals surface area contributed by atoms with Crippen LogP contribution in [0.2, 0.25) is 0 Å². The number of ether oxygens (including phenoxy) is 1. The molecule has 0 spiro atoms. The number of nitrogens with zero attached hydrogens (tertiary/aromatic N) is 2. The number of nitrogens with one attached hydrogen (secondary N) is 1. The summed E-state index contributed by atoms with van der Waals surface area (Å²) in [6, 6.07) is 1.95. The molecule has 0 saturated carbocycles. The summed E-state index contributed by atoms with van der Waals surface area (Å²) in [7, 11) is 1.59. The van der Waals surface area contributed by atoms with E-state index in [1.165, 1.54) is 6.33 Å². The Morgan fingerprint density at radius 3 is 2.68 bits per heavy atom.